The molecule has 0 saturated carbocycles. The lowest BCUT2D eigenvalue weighted by Gasteiger charge is -2.28. The van der Waals surface area contributed by atoms with Crippen LogP contribution in [0.5, 0.6) is 0 Å². The molecule has 2 aromatic carbocycles. The first-order valence-electron chi connectivity index (χ1n) is 7.83. The largest absolute Gasteiger partial charge is 0.324 e. The van der Waals surface area contributed by atoms with E-state index in [0.717, 1.165) is 16.8 Å². The van der Waals surface area contributed by atoms with Crippen molar-refractivity contribution in [2.75, 3.05) is 5.32 Å². The number of ketones is 1. The monoisotopic (exact) mass is 341 g/mol. The standard InChI is InChI=1S/C19H16FNO2S/c1-10-3-8-15-14(9-10)19(18(23)21-15)16(17(22)11(2)24-19)12-4-6-13(20)7-5-12/h3-9,11,16H,1-2H3,(H,21,23)/t11-,16+,19+/m1/s1. The topological polar surface area (TPSA) is 46.2 Å². The van der Waals surface area contributed by atoms with Crippen LogP contribution in [-0.4, -0.2) is 16.9 Å². The van der Waals surface area contributed by atoms with Gasteiger partial charge in [0.15, 0.2) is 5.78 Å². The molecule has 0 unspecified atom stereocenters. The molecular weight excluding hydrogens is 325 g/mol. The van der Waals surface area contributed by atoms with E-state index in [1.54, 1.807) is 12.1 Å². The summed E-state index contributed by atoms with van der Waals surface area (Å²) < 4.78 is 12.3. The molecule has 0 bridgehead atoms. The van der Waals surface area contributed by atoms with Gasteiger partial charge in [-0.2, -0.15) is 0 Å². The molecule has 2 aromatic rings. The van der Waals surface area contributed by atoms with Crippen LogP contribution >= 0.6 is 11.8 Å². The van der Waals surface area contributed by atoms with Gasteiger partial charge >= 0.3 is 0 Å². The van der Waals surface area contributed by atoms with Gasteiger partial charge in [0, 0.05) is 11.3 Å². The van der Waals surface area contributed by atoms with Crippen LogP contribution in [0.15, 0.2) is 42.5 Å². The number of halogens is 1. The fraction of sp³-hybridized carbons (Fsp3) is 0.263. The van der Waals surface area contributed by atoms with E-state index in [0.29, 0.717) is 5.56 Å². The van der Waals surface area contributed by atoms with Gasteiger partial charge in [-0.1, -0.05) is 29.8 Å². The number of anilines is 1. The van der Waals surface area contributed by atoms with Crippen molar-refractivity contribution in [2.24, 2.45) is 0 Å². The van der Waals surface area contributed by atoms with Crippen molar-refractivity contribution in [3.05, 3.63) is 65.0 Å². The Morgan fingerprint density at radius 1 is 1.12 bits per heavy atom. The van der Waals surface area contributed by atoms with E-state index in [1.165, 1.54) is 23.9 Å². The maximum absolute atomic E-state index is 13.3. The summed E-state index contributed by atoms with van der Waals surface area (Å²) in [6.45, 7) is 3.80. The molecule has 2 heterocycles. The van der Waals surface area contributed by atoms with Crippen molar-refractivity contribution in [1.29, 1.82) is 0 Å². The van der Waals surface area contributed by atoms with E-state index in [1.807, 2.05) is 32.0 Å². The van der Waals surface area contributed by atoms with Crippen LogP contribution in [0.25, 0.3) is 0 Å². The van der Waals surface area contributed by atoms with Gasteiger partial charge in [0.2, 0.25) is 5.91 Å². The van der Waals surface area contributed by atoms with Crippen molar-refractivity contribution in [3.63, 3.8) is 0 Å². The highest BCUT2D eigenvalue weighted by molar-refractivity contribution is 8.03. The summed E-state index contributed by atoms with van der Waals surface area (Å²) in [4.78, 5) is 25.8. The van der Waals surface area contributed by atoms with Crippen molar-refractivity contribution in [1.82, 2.24) is 0 Å². The number of Topliss-reactive ketones (excluding diaryl/α,β-unsaturated/α-hetero) is 1. The second-order valence-electron chi connectivity index (χ2n) is 6.39. The third-order valence-corrected chi connectivity index (χ3v) is 6.42. The minimum absolute atomic E-state index is 0.0103. The molecule has 2 aliphatic heterocycles. The highest BCUT2D eigenvalue weighted by Gasteiger charge is 2.62. The average Bonchev–Trinajstić information content (AvgIpc) is 2.97. The number of rotatable bonds is 1. The molecule has 3 atom stereocenters. The SMILES string of the molecule is Cc1ccc2c(c1)[C@@]1(S[C@H](C)C(=O)[C@@H]1c1ccc(F)cc1)C(=O)N2. The summed E-state index contributed by atoms with van der Waals surface area (Å²) in [6.07, 6.45) is 0. The Morgan fingerprint density at radius 2 is 1.83 bits per heavy atom. The Balaban J connectivity index is 1.95. The van der Waals surface area contributed by atoms with E-state index < -0.39 is 10.7 Å². The molecule has 1 saturated heterocycles. The molecule has 0 radical (unpaired) electrons. The third-order valence-electron chi connectivity index (χ3n) is 4.82. The Bertz CT molecular complexity index is 864. The van der Waals surface area contributed by atoms with E-state index in [2.05, 4.69) is 5.32 Å². The Labute approximate surface area is 143 Å². The normalized spacial score (nSPS) is 28.3. The molecular formula is C19H16FNO2S. The first-order valence-corrected chi connectivity index (χ1v) is 8.71. The minimum atomic E-state index is -0.977. The zero-order valence-electron chi connectivity index (χ0n) is 13.3. The molecule has 1 N–H and O–H groups in total. The van der Waals surface area contributed by atoms with Crippen LogP contribution in [0.4, 0.5) is 10.1 Å². The number of carbonyl (C=O) groups is 2. The van der Waals surface area contributed by atoms with Gasteiger partial charge in [0.25, 0.3) is 0 Å². The van der Waals surface area contributed by atoms with Gasteiger partial charge in [-0.3, -0.25) is 9.59 Å². The first-order chi connectivity index (χ1) is 11.4. The van der Waals surface area contributed by atoms with E-state index in [4.69, 9.17) is 0 Å². The molecule has 0 aliphatic carbocycles. The molecule has 1 fully saturated rings. The Morgan fingerprint density at radius 3 is 2.54 bits per heavy atom. The number of aryl methyl sites for hydroxylation is 1. The Kier molecular flexibility index (Phi) is 3.32. The second-order valence-corrected chi connectivity index (χ2v) is 7.97. The van der Waals surface area contributed by atoms with Crippen molar-refractivity contribution >= 4 is 29.1 Å². The van der Waals surface area contributed by atoms with Crippen LogP contribution < -0.4 is 5.32 Å². The zero-order valence-corrected chi connectivity index (χ0v) is 14.1. The van der Waals surface area contributed by atoms with Crippen LogP contribution in [0, 0.1) is 12.7 Å². The summed E-state index contributed by atoms with van der Waals surface area (Å²) in [5, 5.41) is 2.63. The lowest BCUT2D eigenvalue weighted by Crippen LogP contribution is -2.36. The van der Waals surface area contributed by atoms with Crippen LogP contribution in [-0.2, 0) is 14.3 Å². The summed E-state index contributed by atoms with van der Waals surface area (Å²) in [5.74, 6) is -1.12. The summed E-state index contributed by atoms with van der Waals surface area (Å²) >= 11 is 1.39. The minimum Gasteiger partial charge on any atom is -0.324 e. The van der Waals surface area contributed by atoms with E-state index in [9.17, 15) is 14.0 Å². The molecule has 3 nitrogen and oxygen atoms in total. The number of hydrogen-bond donors (Lipinski definition) is 1. The quantitative estimate of drug-likeness (QED) is 0.859. The number of benzene rings is 2. The predicted octanol–water partition coefficient (Wildman–Crippen LogP) is 3.77. The molecule has 2 aliphatic rings. The van der Waals surface area contributed by atoms with Crippen molar-refractivity contribution in [2.45, 2.75) is 29.8 Å². The number of thioether (sulfide) groups is 1. The van der Waals surface area contributed by atoms with Crippen LogP contribution in [0.1, 0.15) is 29.5 Å². The highest BCUT2D eigenvalue weighted by Crippen LogP contribution is 2.61. The molecule has 0 aromatic heterocycles. The lowest BCUT2D eigenvalue weighted by atomic mass is 9.78. The molecule has 122 valence electrons. The van der Waals surface area contributed by atoms with Gasteiger partial charge in [-0.15, -0.1) is 11.8 Å². The van der Waals surface area contributed by atoms with Gasteiger partial charge in [0.05, 0.1) is 11.2 Å². The molecule has 4 rings (SSSR count). The Hall–Kier alpha value is -2.14. The van der Waals surface area contributed by atoms with Crippen LogP contribution in [0.3, 0.4) is 0 Å². The van der Waals surface area contributed by atoms with Crippen molar-refractivity contribution < 1.29 is 14.0 Å². The van der Waals surface area contributed by atoms with Crippen LogP contribution in [0.2, 0.25) is 0 Å². The number of amides is 1. The molecule has 5 heteroatoms. The summed E-state index contributed by atoms with van der Waals surface area (Å²) in [5.41, 5.74) is 3.33. The lowest BCUT2D eigenvalue weighted by molar-refractivity contribution is -0.124. The van der Waals surface area contributed by atoms with Gasteiger partial charge < -0.3 is 5.32 Å². The number of nitrogens with one attached hydrogen (secondary N) is 1. The van der Waals surface area contributed by atoms with E-state index >= 15 is 0 Å². The molecule has 24 heavy (non-hydrogen) atoms. The zero-order chi connectivity index (χ0) is 17.1. The fourth-order valence-corrected chi connectivity index (χ4v) is 5.36. The maximum atomic E-state index is 13.3. The average molecular weight is 341 g/mol. The van der Waals surface area contributed by atoms with E-state index in [-0.39, 0.29) is 22.8 Å². The molecule has 1 amide bonds. The predicted molar refractivity (Wildman–Crippen MR) is 92.7 cm³/mol. The summed E-state index contributed by atoms with van der Waals surface area (Å²) in [6, 6.07) is 11.7. The van der Waals surface area contributed by atoms with Gasteiger partial charge in [0.1, 0.15) is 10.6 Å². The molecule has 1 spiro atoms. The second kappa shape index (κ2) is 5.18. The smallest absolute Gasteiger partial charge is 0.246 e. The summed E-state index contributed by atoms with van der Waals surface area (Å²) in [7, 11) is 0. The number of carbonyl (C=O) groups excluding carboxylic acids is 2. The number of hydrogen-bond acceptors (Lipinski definition) is 3. The fourth-order valence-electron chi connectivity index (χ4n) is 3.71. The van der Waals surface area contributed by atoms with Gasteiger partial charge in [-0.05, 0) is 37.6 Å². The maximum Gasteiger partial charge on any atom is 0.246 e. The van der Waals surface area contributed by atoms with Crippen molar-refractivity contribution in [3.8, 4) is 0 Å². The number of fused-ring (bicyclic) bond motifs is 2. The first kappa shape index (κ1) is 15.4. The van der Waals surface area contributed by atoms with Gasteiger partial charge in [-0.25, -0.2) is 4.39 Å². The highest BCUT2D eigenvalue weighted by atomic mass is 32.2. The third kappa shape index (κ3) is 1.97.